The third kappa shape index (κ3) is 3.71. The van der Waals surface area contributed by atoms with E-state index < -0.39 is 10.0 Å². The fraction of sp³-hybridized carbons (Fsp3) is 0.429. The highest BCUT2D eigenvalue weighted by atomic mass is 32.2. The maximum absolute atomic E-state index is 11.5. The normalized spacial score (nSPS) is 27.8. The smallest absolute Gasteiger partial charge is 0.229 e. The predicted molar refractivity (Wildman–Crippen MR) is 114 cm³/mol. The highest BCUT2D eigenvalue weighted by Crippen LogP contribution is 2.63. The topological polar surface area (TPSA) is 49.4 Å². The van der Waals surface area contributed by atoms with Crippen molar-refractivity contribution >= 4 is 33.1 Å². The van der Waals surface area contributed by atoms with Gasteiger partial charge in [-0.25, -0.2) is 8.42 Å². The molecule has 2 atom stereocenters. The van der Waals surface area contributed by atoms with Crippen LogP contribution < -0.4 is 4.72 Å². The Morgan fingerprint density at radius 2 is 2.04 bits per heavy atom. The molecule has 0 spiro atoms. The van der Waals surface area contributed by atoms with Crippen molar-refractivity contribution in [2.24, 2.45) is 11.8 Å². The molecule has 144 valence electrons. The van der Waals surface area contributed by atoms with Crippen LogP contribution in [0.4, 0.5) is 5.69 Å². The second-order valence-electron chi connectivity index (χ2n) is 8.04. The van der Waals surface area contributed by atoms with Gasteiger partial charge in [0.1, 0.15) is 0 Å². The molecule has 2 unspecified atom stereocenters. The summed E-state index contributed by atoms with van der Waals surface area (Å²) in [6.45, 7) is 7.69. The monoisotopic (exact) mass is 402 g/mol. The third-order valence-corrected chi connectivity index (χ3v) is 7.74. The molecule has 1 saturated heterocycles. The first kappa shape index (κ1) is 18.7. The number of anilines is 1. The number of hydrogen-bond acceptors (Lipinski definition) is 4. The average Bonchev–Trinajstić information content (AvgIpc) is 2.97. The van der Waals surface area contributed by atoms with Gasteiger partial charge in [-0.15, -0.1) is 11.3 Å². The SMILES string of the molecule is Cc1ccsc1/C=C/CN1CC2C(C1)C2(C)c1cccc(NS(C)(=O)=O)c1. The van der Waals surface area contributed by atoms with E-state index >= 15 is 0 Å². The Morgan fingerprint density at radius 1 is 1.30 bits per heavy atom. The Kier molecular flexibility index (Phi) is 4.69. The Morgan fingerprint density at radius 3 is 2.67 bits per heavy atom. The van der Waals surface area contributed by atoms with Crippen molar-refractivity contribution in [3.05, 3.63) is 57.8 Å². The minimum atomic E-state index is -3.24. The molecule has 0 amide bonds. The van der Waals surface area contributed by atoms with Crippen molar-refractivity contribution in [3.63, 3.8) is 0 Å². The largest absolute Gasteiger partial charge is 0.299 e. The maximum atomic E-state index is 11.5. The first-order chi connectivity index (χ1) is 12.8. The van der Waals surface area contributed by atoms with E-state index in [4.69, 9.17) is 0 Å². The van der Waals surface area contributed by atoms with E-state index in [1.807, 2.05) is 18.2 Å². The minimum Gasteiger partial charge on any atom is -0.299 e. The molecule has 2 aromatic rings. The number of fused-ring (bicyclic) bond motifs is 1. The van der Waals surface area contributed by atoms with Crippen molar-refractivity contribution in [2.45, 2.75) is 19.3 Å². The standard InChI is InChI=1S/C21H26N2O2S2/c1-15-9-11-26-20(15)8-5-10-23-13-18-19(14-23)21(18,2)16-6-4-7-17(12-16)22-27(3,24)25/h4-9,11-12,18-19,22H,10,13-14H2,1-3H3/b8-5+. The zero-order valence-corrected chi connectivity index (χ0v) is 17.6. The molecule has 1 aromatic heterocycles. The zero-order valence-electron chi connectivity index (χ0n) is 16.0. The van der Waals surface area contributed by atoms with Crippen LogP contribution in [0.15, 0.2) is 41.8 Å². The van der Waals surface area contributed by atoms with Gasteiger partial charge in [-0.1, -0.05) is 25.1 Å². The third-order valence-electron chi connectivity index (χ3n) is 6.15. The number of nitrogens with one attached hydrogen (secondary N) is 1. The molecule has 2 fully saturated rings. The Balaban J connectivity index is 1.38. The van der Waals surface area contributed by atoms with Crippen LogP contribution >= 0.6 is 11.3 Å². The van der Waals surface area contributed by atoms with E-state index in [2.05, 4.69) is 53.1 Å². The molecule has 1 aliphatic heterocycles. The molecule has 4 nitrogen and oxygen atoms in total. The number of piperidine rings is 1. The van der Waals surface area contributed by atoms with Crippen LogP contribution in [-0.2, 0) is 15.4 Å². The van der Waals surface area contributed by atoms with Gasteiger partial charge < -0.3 is 0 Å². The molecular formula is C21H26N2O2S2. The van der Waals surface area contributed by atoms with E-state index in [1.165, 1.54) is 22.3 Å². The number of rotatable bonds is 6. The molecule has 0 bridgehead atoms. The van der Waals surface area contributed by atoms with Crippen molar-refractivity contribution in [1.29, 1.82) is 0 Å². The summed E-state index contributed by atoms with van der Waals surface area (Å²) in [5, 5.41) is 2.14. The van der Waals surface area contributed by atoms with Gasteiger partial charge in [-0.05, 0) is 59.5 Å². The van der Waals surface area contributed by atoms with Crippen LogP contribution in [0, 0.1) is 18.8 Å². The molecule has 1 N–H and O–H groups in total. The average molecular weight is 403 g/mol. The molecule has 0 radical (unpaired) electrons. The van der Waals surface area contributed by atoms with Crippen molar-refractivity contribution in [3.8, 4) is 0 Å². The zero-order chi connectivity index (χ0) is 19.2. The van der Waals surface area contributed by atoms with Crippen molar-refractivity contribution < 1.29 is 8.42 Å². The summed E-state index contributed by atoms with van der Waals surface area (Å²) >= 11 is 1.79. The molecule has 4 rings (SSSR count). The molecule has 1 aromatic carbocycles. The quantitative estimate of drug-likeness (QED) is 0.796. The lowest BCUT2D eigenvalue weighted by Crippen LogP contribution is -2.29. The summed E-state index contributed by atoms with van der Waals surface area (Å²) in [7, 11) is -3.24. The molecule has 1 saturated carbocycles. The lowest BCUT2D eigenvalue weighted by atomic mass is 9.92. The summed E-state index contributed by atoms with van der Waals surface area (Å²) in [5.74, 6) is 1.31. The summed E-state index contributed by atoms with van der Waals surface area (Å²) in [4.78, 5) is 3.87. The van der Waals surface area contributed by atoms with Gasteiger partial charge in [0.2, 0.25) is 10.0 Å². The highest BCUT2D eigenvalue weighted by Gasteiger charge is 2.65. The van der Waals surface area contributed by atoms with Gasteiger partial charge in [-0.3, -0.25) is 9.62 Å². The van der Waals surface area contributed by atoms with E-state index in [1.54, 1.807) is 11.3 Å². The van der Waals surface area contributed by atoms with Gasteiger partial charge in [0.05, 0.1) is 6.26 Å². The van der Waals surface area contributed by atoms with Crippen LogP contribution in [0.2, 0.25) is 0 Å². The van der Waals surface area contributed by atoms with E-state index in [0.29, 0.717) is 17.5 Å². The summed E-state index contributed by atoms with van der Waals surface area (Å²) < 4.78 is 25.6. The highest BCUT2D eigenvalue weighted by molar-refractivity contribution is 7.92. The number of benzene rings is 1. The van der Waals surface area contributed by atoms with Crippen molar-refractivity contribution in [1.82, 2.24) is 4.90 Å². The number of hydrogen-bond donors (Lipinski definition) is 1. The van der Waals surface area contributed by atoms with E-state index in [0.717, 1.165) is 19.6 Å². The first-order valence-electron chi connectivity index (χ1n) is 9.29. The van der Waals surface area contributed by atoms with Crippen molar-refractivity contribution in [2.75, 3.05) is 30.6 Å². The lowest BCUT2D eigenvalue weighted by Gasteiger charge is -2.23. The lowest BCUT2D eigenvalue weighted by molar-refractivity contribution is 0.305. The predicted octanol–water partition coefficient (Wildman–Crippen LogP) is 3.96. The molecule has 2 heterocycles. The van der Waals surface area contributed by atoms with Gasteiger partial charge in [0.15, 0.2) is 0 Å². The van der Waals surface area contributed by atoms with Gasteiger partial charge >= 0.3 is 0 Å². The second-order valence-corrected chi connectivity index (χ2v) is 10.7. The molecule has 1 aliphatic carbocycles. The molecule has 6 heteroatoms. The number of likely N-dealkylation sites (tertiary alicyclic amines) is 1. The van der Waals surface area contributed by atoms with E-state index in [-0.39, 0.29) is 5.41 Å². The Hall–Kier alpha value is -1.63. The number of thiophene rings is 1. The van der Waals surface area contributed by atoms with Crippen LogP contribution in [0.3, 0.4) is 0 Å². The summed E-state index contributed by atoms with van der Waals surface area (Å²) in [6.07, 6.45) is 5.71. The fourth-order valence-electron chi connectivity index (χ4n) is 4.54. The fourth-order valence-corrected chi connectivity index (χ4v) is 5.94. The van der Waals surface area contributed by atoms with Crippen LogP contribution in [0.25, 0.3) is 6.08 Å². The van der Waals surface area contributed by atoms with Crippen LogP contribution in [0.5, 0.6) is 0 Å². The van der Waals surface area contributed by atoms with E-state index in [9.17, 15) is 8.42 Å². The molecular weight excluding hydrogens is 376 g/mol. The number of sulfonamides is 1. The molecule has 27 heavy (non-hydrogen) atoms. The molecule has 2 aliphatic rings. The van der Waals surface area contributed by atoms with Gasteiger partial charge in [0.25, 0.3) is 0 Å². The van der Waals surface area contributed by atoms with Gasteiger partial charge in [-0.2, -0.15) is 0 Å². The Bertz CT molecular complexity index is 966. The number of aryl methyl sites for hydroxylation is 1. The van der Waals surface area contributed by atoms with Gasteiger partial charge in [0, 0.05) is 35.6 Å². The van der Waals surface area contributed by atoms with Crippen LogP contribution in [-0.4, -0.2) is 39.2 Å². The second kappa shape index (κ2) is 6.76. The maximum Gasteiger partial charge on any atom is 0.229 e. The first-order valence-corrected chi connectivity index (χ1v) is 12.1. The minimum absolute atomic E-state index is 0.166. The number of nitrogens with zero attached hydrogens (tertiary/aromatic N) is 1. The summed E-state index contributed by atoms with van der Waals surface area (Å²) in [6, 6.07) is 10.1. The Labute approximate surface area is 166 Å². The van der Waals surface area contributed by atoms with Crippen LogP contribution in [0.1, 0.15) is 22.9 Å². The summed E-state index contributed by atoms with van der Waals surface area (Å²) in [5.41, 5.74) is 3.42.